The Balaban J connectivity index is 3.22. The molecule has 0 atom stereocenters. The van der Waals surface area contributed by atoms with Gasteiger partial charge in [-0.15, -0.1) is 0 Å². The number of benzene rings is 1. The van der Waals surface area contributed by atoms with Gasteiger partial charge in [0.15, 0.2) is 0 Å². The predicted molar refractivity (Wildman–Crippen MR) is 54.8 cm³/mol. The van der Waals surface area contributed by atoms with Crippen LogP contribution in [0.25, 0.3) is 0 Å². The van der Waals surface area contributed by atoms with Gasteiger partial charge in [-0.25, -0.2) is 0 Å². The number of aromatic hydroxyl groups is 1. The van der Waals surface area contributed by atoms with E-state index in [1.165, 1.54) is 5.56 Å². The Kier molecular flexibility index (Phi) is 2.94. The molecule has 1 aromatic rings. The number of hydrogen-bond acceptors (Lipinski definition) is 2. The third-order valence-corrected chi connectivity index (χ3v) is 2.31. The van der Waals surface area contributed by atoms with E-state index in [1.54, 1.807) is 6.07 Å². The highest BCUT2D eigenvalue weighted by atomic mass is 16.3. The molecule has 1 aromatic carbocycles. The summed E-state index contributed by atoms with van der Waals surface area (Å²) in [5.74, 6) is 0.787. The van der Waals surface area contributed by atoms with Crippen molar-refractivity contribution in [2.24, 2.45) is 5.73 Å². The fourth-order valence-electron chi connectivity index (χ4n) is 1.54. The highest BCUT2D eigenvalue weighted by molar-refractivity contribution is 5.42. The largest absolute Gasteiger partial charge is 0.508 e. The summed E-state index contributed by atoms with van der Waals surface area (Å²) in [4.78, 5) is 0. The molecule has 0 radical (unpaired) electrons. The van der Waals surface area contributed by atoms with Crippen LogP contribution in [0, 0.1) is 6.92 Å². The van der Waals surface area contributed by atoms with E-state index in [4.69, 9.17) is 5.73 Å². The average Bonchev–Trinajstić information content (AvgIpc) is 2.03. The summed E-state index contributed by atoms with van der Waals surface area (Å²) in [6.45, 7) is 6.68. The number of phenols is 1. The van der Waals surface area contributed by atoms with Crippen LogP contribution in [0.2, 0.25) is 0 Å². The maximum Gasteiger partial charge on any atom is 0.120 e. The summed E-state index contributed by atoms with van der Waals surface area (Å²) in [5.41, 5.74) is 8.73. The van der Waals surface area contributed by atoms with E-state index in [1.807, 2.05) is 13.0 Å². The van der Waals surface area contributed by atoms with Crippen molar-refractivity contribution in [3.05, 3.63) is 28.8 Å². The molecule has 0 spiro atoms. The maximum atomic E-state index is 9.52. The van der Waals surface area contributed by atoms with Crippen LogP contribution in [-0.2, 0) is 6.54 Å². The molecule has 0 aliphatic heterocycles. The Morgan fingerprint density at radius 2 is 2.00 bits per heavy atom. The van der Waals surface area contributed by atoms with Crippen LogP contribution in [0.15, 0.2) is 12.1 Å². The Morgan fingerprint density at radius 3 is 2.46 bits per heavy atom. The lowest BCUT2D eigenvalue weighted by Crippen LogP contribution is -2.00. The van der Waals surface area contributed by atoms with Gasteiger partial charge in [0.05, 0.1) is 0 Å². The first-order valence-corrected chi connectivity index (χ1v) is 4.58. The molecule has 3 N–H and O–H groups in total. The molecule has 72 valence electrons. The summed E-state index contributed by atoms with van der Waals surface area (Å²) in [6.07, 6.45) is 0. The van der Waals surface area contributed by atoms with Crippen LogP contribution in [0.3, 0.4) is 0 Å². The first-order chi connectivity index (χ1) is 6.06. The Hall–Kier alpha value is -1.02. The van der Waals surface area contributed by atoms with E-state index in [9.17, 15) is 5.11 Å². The lowest BCUT2D eigenvalue weighted by Gasteiger charge is -2.12. The van der Waals surface area contributed by atoms with Gasteiger partial charge in [0, 0.05) is 12.1 Å². The molecule has 0 saturated carbocycles. The first kappa shape index (κ1) is 10.1. The zero-order chi connectivity index (χ0) is 10.0. The quantitative estimate of drug-likeness (QED) is 0.731. The predicted octanol–water partition coefficient (Wildman–Crippen LogP) is 2.28. The molecule has 0 aliphatic rings. The summed E-state index contributed by atoms with van der Waals surface area (Å²) < 4.78 is 0. The highest BCUT2D eigenvalue weighted by Crippen LogP contribution is 2.26. The van der Waals surface area contributed by atoms with Crippen molar-refractivity contribution >= 4 is 0 Å². The number of nitrogens with two attached hydrogens (primary N) is 1. The van der Waals surface area contributed by atoms with Crippen LogP contribution in [0.4, 0.5) is 0 Å². The number of rotatable bonds is 2. The standard InChI is InChI=1S/C11H17NO/c1-7(2)10-5-9(6-12)11(13)4-8(10)3/h4-5,7,13H,6,12H2,1-3H3. The van der Waals surface area contributed by atoms with Gasteiger partial charge in [-0.05, 0) is 30.0 Å². The van der Waals surface area contributed by atoms with Gasteiger partial charge in [0.2, 0.25) is 0 Å². The third-order valence-electron chi connectivity index (χ3n) is 2.31. The number of phenolic OH excluding ortho intramolecular Hbond substituents is 1. The maximum absolute atomic E-state index is 9.52. The molecular weight excluding hydrogens is 162 g/mol. The van der Waals surface area contributed by atoms with Gasteiger partial charge in [-0.3, -0.25) is 0 Å². The fourth-order valence-corrected chi connectivity index (χ4v) is 1.54. The third kappa shape index (κ3) is 2.01. The molecule has 0 saturated heterocycles. The van der Waals surface area contributed by atoms with Gasteiger partial charge in [0.25, 0.3) is 0 Å². The molecule has 2 heteroatoms. The van der Waals surface area contributed by atoms with Crippen LogP contribution in [0.1, 0.15) is 36.5 Å². The monoisotopic (exact) mass is 179 g/mol. The molecule has 0 heterocycles. The highest BCUT2D eigenvalue weighted by Gasteiger charge is 2.07. The fraction of sp³-hybridized carbons (Fsp3) is 0.455. The summed E-state index contributed by atoms with van der Waals surface area (Å²) in [6, 6.07) is 3.78. The van der Waals surface area contributed by atoms with E-state index in [0.29, 0.717) is 18.2 Å². The normalized spacial score (nSPS) is 10.8. The minimum absolute atomic E-state index is 0.310. The zero-order valence-electron chi connectivity index (χ0n) is 8.46. The summed E-state index contributed by atoms with van der Waals surface area (Å²) >= 11 is 0. The summed E-state index contributed by atoms with van der Waals surface area (Å²) in [7, 11) is 0. The molecule has 0 aromatic heterocycles. The lowest BCUT2D eigenvalue weighted by atomic mass is 9.95. The first-order valence-electron chi connectivity index (χ1n) is 4.58. The van der Waals surface area contributed by atoms with Crippen molar-refractivity contribution in [2.45, 2.75) is 33.2 Å². The van der Waals surface area contributed by atoms with E-state index >= 15 is 0 Å². The SMILES string of the molecule is Cc1cc(O)c(CN)cc1C(C)C. The van der Waals surface area contributed by atoms with Crippen LogP contribution < -0.4 is 5.73 Å². The molecule has 0 bridgehead atoms. The molecule has 0 aliphatic carbocycles. The Morgan fingerprint density at radius 1 is 1.38 bits per heavy atom. The Bertz CT molecular complexity index is 305. The molecule has 2 nitrogen and oxygen atoms in total. The average molecular weight is 179 g/mol. The molecule has 0 amide bonds. The second kappa shape index (κ2) is 3.79. The lowest BCUT2D eigenvalue weighted by molar-refractivity contribution is 0.467. The molecule has 1 rings (SSSR count). The Labute approximate surface area is 79.4 Å². The van der Waals surface area contributed by atoms with Gasteiger partial charge >= 0.3 is 0 Å². The molecular formula is C11H17NO. The van der Waals surface area contributed by atoms with Crippen molar-refractivity contribution in [1.29, 1.82) is 0 Å². The van der Waals surface area contributed by atoms with E-state index < -0.39 is 0 Å². The van der Waals surface area contributed by atoms with Gasteiger partial charge in [0.1, 0.15) is 5.75 Å². The van der Waals surface area contributed by atoms with Crippen LogP contribution >= 0.6 is 0 Å². The van der Waals surface area contributed by atoms with Crippen molar-refractivity contribution in [2.75, 3.05) is 0 Å². The summed E-state index contributed by atoms with van der Waals surface area (Å²) in [5, 5.41) is 9.52. The topological polar surface area (TPSA) is 46.2 Å². The van der Waals surface area contributed by atoms with E-state index in [-0.39, 0.29) is 0 Å². The molecule has 0 unspecified atom stereocenters. The van der Waals surface area contributed by atoms with Gasteiger partial charge in [-0.2, -0.15) is 0 Å². The second-order valence-electron chi connectivity index (χ2n) is 3.70. The minimum Gasteiger partial charge on any atom is -0.508 e. The van der Waals surface area contributed by atoms with Crippen molar-refractivity contribution in [3.63, 3.8) is 0 Å². The van der Waals surface area contributed by atoms with Crippen molar-refractivity contribution in [3.8, 4) is 5.75 Å². The zero-order valence-corrected chi connectivity index (χ0v) is 8.46. The van der Waals surface area contributed by atoms with Crippen LogP contribution in [-0.4, -0.2) is 5.11 Å². The van der Waals surface area contributed by atoms with Crippen molar-refractivity contribution < 1.29 is 5.11 Å². The van der Waals surface area contributed by atoms with Crippen molar-refractivity contribution in [1.82, 2.24) is 0 Å². The molecule has 0 fully saturated rings. The van der Waals surface area contributed by atoms with Crippen LogP contribution in [0.5, 0.6) is 5.75 Å². The van der Waals surface area contributed by atoms with Gasteiger partial charge in [-0.1, -0.05) is 19.9 Å². The number of aryl methyl sites for hydroxylation is 1. The van der Waals surface area contributed by atoms with E-state index in [0.717, 1.165) is 11.1 Å². The van der Waals surface area contributed by atoms with Gasteiger partial charge < -0.3 is 10.8 Å². The smallest absolute Gasteiger partial charge is 0.120 e. The number of hydrogen-bond donors (Lipinski definition) is 2. The minimum atomic E-state index is 0.310. The molecule has 13 heavy (non-hydrogen) atoms. The van der Waals surface area contributed by atoms with E-state index in [2.05, 4.69) is 13.8 Å². The second-order valence-corrected chi connectivity index (χ2v) is 3.70.